The molecule has 150 valence electrons. The highest BCUT2D eigenvalue weighted by Crippen LogP contribution is 2.37. The molecular weight excluding hydrogens is 382 g/mol. The van der Waals surface area contributed by atoms with Crippen molar-refractivity contribution in [2.45, 2.75) is 17.9 Å². The molecule has 1 aliphatic heterocycles. The number of aromatic carboxylic acids is 1. The van der Waals surface area contributed by atoms with Gasteiger partial charge >= 0.3 is 5.97 Å². The molecule has 2 aromatic rings. The van der Waals surface area contributed by atoms with E-state index in [1.807, 2.05) is 32.2 Å². The molecule has 3 rings (SSSR count). The van der Waals surface area contributed by atoms with E-state index in [0.717, 1.165) is 17.2 Å². The van der Waals surface area contributed by atoms with Crippen molar-refractivity contribution in [1.82, 2.24) is 4.31 Å². The molecule has 28 heavy (non-hydrogen) atoms. The summed E-state index contributed by atoms with van der Waals surface area (Å²) in [7, 11) is 3.59. The van der Waals surface area contributed by atoms with Crippen LogP contribution in [-0.2, 0) is 4.74 Å². The van der Waals surface area contributed by atoms with Crippen LogP contribution in [0.15, 0.2) is 41.3 Å². The Balaban J connectivity index is 1.84. The zero-order valence-corrected chi connectivity index (χ0v) is 16.8. The molecule has 0 aliphatic carbocycles. The molecule has 0 amide bonds. The number of methoxy groups -OCH3 is 1. The van der Waals surface area contributed by atoms with E-state index in [2.05, 4.69) is 4.31 Å². The van der Waals surface area contributed by atoms with E-state index in [4.69, 9.17) is 18.9 Å². The largest absolute Gasteiger partial charge is 0.491 e. The Hall–Kier alpha value is -2.42. The number of ether oxygens (including phenoxy) is 4. The van der Waals surface area contributed by atoms with Crippen molar-refractivity contribution in [3.8, 4) is 23.0 Å². The van der Waals surface area contributed by atoms with Gasteiger partial charge in [0, 0.05) is 25.8 Å². The summed E-state index contributed by atoms with van der Waals surface area (Å²) in [6.07, 6.45) is -0.225. The summed E-state index contributed by atoms with van der Waals surface area (Å²) >= 11 is 1.61. The highest BCUT2D eigenvalue weighted by atomic mass is 32.2. The molecule has 7 nitrogen and oxygen atoms in total. The van der Waals surface area contributed by atoms with Crippen molar-refractivity contribution in [3.63, 3.8) is 0 Å². The van der Waals surface area contributed by atoms with Crippen LogP contribution in [0.2, 0.25) is 0 Å². The zero-order valence-electron chi connectivity index (χ0n) is 16.0. The number of likely N-dealkylation sites (N-methyl/N-ethyl adjacent to an activating group) is 1. The highest BCUT2D eigenvalue weighted by Gasteiger charge is 2.16. The molecule has 1 N–H and O–H groups in total. The van der Waals surface area contributed by atoms with Crippen molar-refractivity contribution >= 4 is 17.9 Å². The maximum atomic E-state index is 11.5. The van der Waals surface area contributed by atoms with Crippen LogP contribution < -0.4 is 14.2 Å². The number of rotatable bonds is 7. The third-order valence-electron chi connectivity index (χ3n) is 3.93. The Morgan fingerprint density at radius 2 is 2.04 bits per heavy atom. The van der Waals surface area contributed by atoms with E-state index in [1.165, 1.54) is 12.1 Å². The fraction of sp³-hybridized carbons (Fsp3) is 0.350. The molecule has 0 radical (unpaired) electrons. The van der Waals surface area contributed by atoms with Crippen molar-refractivity contribution in [2.75, 3.05) is 33.9 Å². The van der Waals surface area contributed by atoms with Crippen LogP contribution in [0.1, 0.15) is 17.3 Å². The molecule has 0 bridgehead atoms. The van der Waals surface area contributed by atoms with Gasteiger partial charge in [0.2, 0.25) is 0 Å². The Morgan fingerprint density at radius 1 is 1.25 bits per heavy atom. The molecule has 2 aromatic carbocycles. The number of fused-ring (bicyclic) bond motifs is 1. The Bertz CT molecular complexity index is 843. The van der Waals surface area contributed by atoms with E-state index in [-0.39, 0.29) is 11.7 Å². The number of hydrogen-bond donors (Lipinski definition) is 1. The third-order valence-corrected chi connectivity index (χ3v) is 4.96. The van der Waals surface area contributed by atoms with E-state index in [1.54, 1.807) is 25.1 Å². The van der Waals surface area contributed by atoms with Crippen LogP contribution in [0.5, 0.6) is 23.0 Å². The predicted octanol–water partition coefficient (Wildman–Crippen LogP) is 3.92. The molecule has 1 aliphatic rings. The third kappa shape index (κ3) is 5.31. The lowest BCUT2D eigenvalue weighted by atomic mass is 10.2. The fourth-order valence-corrected chi connectivity index (χ4v) is 3.54. The first-order valence-corrected chi connectivity index (χ1v) is 9.59. The van der Waals surface area contributed by atoms with Gasteiger partial charge in [0.25, 0.3) is 0 Å². The second-order valence-electron chi connectivity index (χ2n) is 6.38. The summed E-state index contributed by atoms with van der Waals surface area (Å²) in [6.45, 7) is 3.64. The minimum Gasteiger partial charge on any atom is -0.491 e. The topological polar surface area (TPSA) is 77.5 Å². The second kappa shape index (κ2) is 9.18. The smallest absolute Gasteiger partial charge is 0.335 e. The summed E-state index contributed by atoms with van der Waals surface area (Å²) in [4.78, 5) is 12.5. The summed E-state index contributed by atoms with van der Waals surface area (Å²) < 4.78 is 24.6. The maximum absolute atomic E-state index is 11.5. The minimum atomic E-state index is -1.06. The quantitative estimate of drug-likeness (QED) is 0.695. The molecule has 0 saturated carbocycles. The first-order chi connectivity index (χ1) is 13.4. The molecule has 1 atom stereocenters. The number of carboxylic acid groups (broad SMARTS) is 1. The van der Waals surface area contributed by atoms with Gasteiger partial charge in [0.15, 0.2) is 0 Å². The van der Waals surface area contributed by atoms with E-state index >= 15 is 0 Å². The van der Waals surface area contributed by atoms with Gasteiger partial charge in [0.1, 0.15) is 35.7 Å². The SMILES string of the molecule is COCC(C)Oc1cc(Oc2ccc3c(c2)OCCN(C)S3)cc(C(=O)O)c1. The van der Waals surface area contributed by atoms with Crippen molar-refractivity contribution in [2.24, 2.45) is 0 Å². The molecule has 8 heteroatoms. The normalized spacial score (nSPS) is 15.1. The lowest BCUT2D eigenvalue weighted by molar-refractivity contribution is 0.0693. The van der Waals surface area contributed by atoms with Crippen LogP contribution in [0.3, 0.4) is 0 Å². The Kier molecular flexibility index (Phi) is 6.66. The van der Waals surface area contributed by atoms with Gasteiger partial charge in [-0.1, -0.05) is 0 Å². The highest BCUT2D eigenvalue weighted by molar-refractivity contribution is 7.97. The number of carboxylic acids is 1. The predicted molar refractivity (Wildman–Crippen MR) is 106 cm³/mol. The summed E-state index contributed by atoms with van der Waals surface area (Å²) in [5.41, 5.74) is 0.0836. The second-order valence-corrected chi connectivity index (χ2v) is 7.63. The monoisotopic (exact) mass is 405 g/mol. The fourth-order valence-electron chi connectivity index (χ4n) is 2.70. The van der Waals surface area contributed by atoms with Gasteiger partial charge in [-0.3, -0.25) is 0 Å². The lowest BCUT2D eigenvalue weighted by Crippen LogP contribution is -2.18. The van der Waals surface area contributed by atoms with E-state index in [9.17, 15) is 9.90 Å². The maximum Gasteiger partial charge on any atom is 0.335 e. The van der Waals surface area contributed by atoms with Crippen LogP contribution in [0, 0.1) is 0 Å². The van der Waals surface area contributed by atoms with Gasteiger partial charge in [-0.2, -0.15) is 0 Å². The molecule has 0 saturated heterocycles. The number of hydrogen-bond acceptors (Lipinski definition) is 7. The van der Waals surface area contributed by atoms with Gasteiger partial charge in [-0.05, 0) is 50.2 Å². The van der Waals surface area contributed by atoms with Crippen LogP contribution in [0.25, 0.3) is 0 Å². The molecule has 0 aromatic heterocycles. The van der Waals surface area contributed by atoms with Gasteiger partial charge in [0.05, 0.1) is 17.1 Å². The molecule has 0 spiro atoms. The number of benzene rings is 2. The summed E-state index contributed by atoms with van der Waals surface area (Å²) in [5, 5.41) is 9.39. The van der Waals surface area contributed by atoms with E-state index in [0.29, 0.717) is 30.5 Å². The van der Waals surface area contributed by atoms with Crippen molar-refractivity contribution in [1.29, 1.82) is 0 Å². The van der Waals surface area contributed by atoms with Crippen LogP contribution in [0.4, 0.5) is 0 Å². The van der Waals surface area contributed by atoms with Gasteiger partial charge in [-0.15, -0.1) is 0 Å². The first kappa shape index (κ1) is 20.3. The van der Waals surface area contributed by atoms with Crippen molar-refractivity contribution in [3.05, 3.63) is 42.0 Å². The molecule has 0 fully saturated rings. The van der Waals surface area contributed by atoms with E-state index < -0.39 is 5.97 Å². The van der Waals surface area contributed by atoms with Crippen LogP contribution >= 0.6 is 11.9 Å². The Morgan fingerprint density at radius 3 is 2.79 bits per heavy atom. The average molecular weight is 405 g/mol. The average Bonchev–Trinajstić information content (AvgIpc) is 2.82. The Labute approximate surface area is 168 Å². The van der Waals surface area contributed by atoms with Crippen LogP contribution in [-0.4, -0.2) is 55.4 Å². The molecular formula is C20H23NO6S. The summed E-state index contributed by atoms with van der Waals surface area (Å²) in [5.74, 6) is 1.02. The zero-order chi connectivity index (χ0) is 20.1. The lowest BCUT2D eigenvalue weighted by Gasteiger charge is -2.16. The number of carbonyl (C=O) groups is 1. The minimum absolute atomic E-state index is 0.0836. The van der Waals surface area contributed by atoms with Crippen molar-refractivity contribution < 1.29 is 28.8 Å². The molecule has 1 unspecified atom stereocenters. The summed E-state index contributed by atoms with van der Waals surface area (Å²) in [6, 6.07) is 10.2. The van der Waals surface area contributed by atoms with Gasteiger partial charge in [-0.25, -0.2) is 9.10 Å². The van der Waals surface area contributed by atoms with Gasteiger partial charge < -0.3 is 24.1 Å². The standard InChI is InChI=1S/C20H23NO6S/c1-13(12-24-3)26-16-8-14(20(22)23)9-17(10-16)27-15-4-5-19-18(11-15)25-7-6-21(2)28-19/h4-5,8-11,13H,6-7,12H2,1-3H3,(H,22,23). The first-order valence-electron chi connectivity index (χ1n) is 8.82. The number of nitrogens with zero attached hydrogens (tertiary/aromatic N) is 1. The molecule has 1 heterocycles.